The molecule has 0 atom stereocenters. The third-order valence-corrected chi connectivity index (χ3v) is 2.78. The maximum absolute atomic E-state index is 11.4. The van der Waals surface area contributed by atoms with E-state index in [1.807, 2.05) is 19.1 Å². The first-order valence-electron chi connectivity index (χ1n) is 5.13. The summed E-state index contributed by atoms with van der Waals surface area (Å²) in [6.07, 6.45) is 1.75. The number of nitrogens with zero attached hydrogens (tertiary/aromatic N) is 1. The molecule has 0 aliphatic carbocycles. The highest BCUT2D eigenvalue weighted by Crippen LogP contribution is 2.24. The summed E-state index contributed by atoms with van der Waals surface area (Å²) in [5.74, 6) is 0.953. The van der Waals surface area contributed by atoms with Crippen molar-refractivity contribution in [3.05, 3.63) is 29.7 Å². The summed E-state index contributed by atoms with van der Waals surface area (Å²) in [5.41, 5.74) is 3.56. The van der Waals surface area contributed by atoms with Gasteiger partial charge in [0.2, 0.25) is 0 Å². The number of ketones is 1. The van der Waals surface area contributed by atoms with Crippen molar-refractivity contribution in [1.82, 2.24) is 15.0 Å². The minimum Gasteiger partial charge on any atom is -0.360 e. The second-order valence-corrected chi connectivity index (χ2v) is 4.00. The first-order valence-corrected chi connectivity index (χ1v) is 5.13. The zero-order valence-electron chi connectivity index (χ0n) is 9.09. The number of imidazole rings is 1. The minimum atomic E-state index is 0.0711. The van der Waals surface area contributed by atoms with Crippen LogP contribution >= 0.6 is 0 Å². The van der Waals surface area contributed by atoms with Gasteiger partial charge in [0.25, 0.3) is 0 Å². The Morgan fingerprint density at radius 3 is 2.88 bits per heavy atom. The van der Waals surface area contributed by atoms with Crippen molar-refractivity contribution in [1.29, 1.82) is 0 Å². The molecule has 0 saturated heterocycles. The van der Waals surface area contributed by atoms with Crippen molar-refractivity contribution in [2.75, 3.05) is 0 Å². The fourth-order valence-electron chi connectivity index (χ4n) is 2.05. The number of nitrogens with one attached hydrogen (secondary N) is 2. The molecule has 3 aromatic rings. The molecule has 0 bridgehead atoms. The molecule has 4 heteroatoms. The summed E-state index contributed by atoms with van der Waals surface area (Å²) in [4.78, 5) is 22.0. The van der Waals surface area contributed by atoms with Crippen molar-refractivity contribution in [3.63, 3.8) is 0 Å². The Bertz CT molecular complexity index is 706. The van der Waals surface area contributed by atoms with Crippen LogP contribution in [0.15, 0.2) is 18.3 Å². The standard InChI is InChI=1S/C12H11N3O/c1-6(16)9-5-13-10-4-12-11(3-8(9)10)14-7(2)15-12/h3-5,13H,1-2H3,(H,14,15). The van der Waals surface area contributed by atoms with Gasteiger partial charge in [0, 0.05) is 22.7 Å². The molecule has 0 radical (unpaired) electrons. The SMILES string of the molecule is CC(=O)c1c[nH]c2cc3nc(C)[nH]c3cc12. The van der Waals surface area contributed by atoms with Crippen molar-refractivity contribution < 1.29 is 4.79 Å². The smallest absolute Gasteiger partial charge is 0.161 e. The van der Waals surface area contributed by atoms with Crippen molar-refractivity contribution in [3.8, 4) is 0 Å². The van der Waals surface area contributed by atoms with E-state index in [4.69, 9.17) is 0 Å². The van der Waals surface area contributed by atoms with E-state index >= 15 is 0 Å². The van der Waals surface area contributed by atoms with Crippen LogP contribution in [0.2, 0.25) is 0 Å². The van der Waals surface area contributed by atoms with Gasteiger partial charge in [-0.3, -0.25) is 4.79 Å². The minimum absolute atomic E-state index is 0.0711. The van der Waals surface area contributed by atoms with Crippen LogP contribution in [0.3, 0.4) is 0 Å². The number of carbonyl (C=O) groups is 1. The van der Waals surface area contributed by atoms with E-state index in [9.17, 15) is 4.79 Å². The fraction of sp³-hybridized carbons (Fsp3) is 0.167. The number of H-pyrrole nitrogens is 2. The molecule has 2 aromatic heterocycles. The molecule has 2 N–H and O–H groups in total. The lowest BCUT2D eigenvalue weighted by atomic mass is 10.1. The Kier molecular flexibility index (Phi) is 1.68. The number of Topliss-reactive ketones (excluding diaryl/α,β-unsaturated/α-hetero) is 1. The van der Waals surface area contributed by atoms with Crippen LogP contribution in [-0.4, -0.2) is 20.7 Å². The second-order valence-electron chi connectivity index (χ2n) is 4.00. The maximum Gasteiger partial charge on any atom is 0.161 e. The van der Waals surface area contributed by atoms with Gasteiger partial charge >= 0.3 is 0 Å². The van der Waals surface area contributed by atoms with E-state index in [-0.39, 0.29) is 5.78 Å². The van der Waals surface area contributed by atoms with E-state index in [1.165, 1.54) is 0 Å². The molecule has 0 spiro atoms. The van der Waals surface area contributed by atoms with Gasteiger partial charge in [-0.1, -0.05) is 0 Å². The maximum atomic E-state index is 11.4. The largest absolute Gasteiger partial charge is 0.360 e. The molecule has 0 saturated carbocycles. The molecule has 0 aliphatic heterocycles. The zero-order valence-corrected chi connectivity index (χ0v) is 9.09. The number of aromatic amines is 2. The van der Waals surface area contributed by atoms with Crippen LogP contribution in [0, 0.1) is 6.92 Å². The van der Waals surface area contributed by atoms with E-state index in [1.54, 1.807) is 13.1 Å². The van der Waals surface area contributed by atoms with Gasteiger partial charge in [0.15, 0.2) is 5.78 Å². The summed E-state index contributed by atoms with van der Waals surface area (Å²) in [5, 5.41) is 0.948. The van der Waals surface area contributed by atoms with E-state index in [0.29, 0.717) is 0 Å². The summed E-state index contributed by atoms with van der Waals surface area (Å²) in [6.45, 7) is 3.49. The lowest BCUT2D eigenvalue weighted by Crippen LogP contribution is -1.88. The summed E-state index contributed by atoms with van der Waals surface area (Å²) < 4.78 is 0. The molecule has 16 heavy (non-hydrogen) atoms. The third kappa shape index (κ3) is 1.16. The molecular formula is C12H11N3O. The molecule has 0 amide bonds. The molecule has 3 rings (SSSR count). The molecule has 0 aliphatic rings. The monoisotopic (exact) mass is 213 g/mol. The van der Waals surface area contributed by atoms with E-state index < -0.39 is 0 Å². The van der Waals surface area contributed by atoms with Gasteiger partial charge in [-0.25, -0.2) is 4.98 Å². The quantitative estimate of drug-likeness (QED) is 0.610. The fourth-order valence-corrected chi connectivity index (χ4v) is 2.05. The van der Waals surface area contributed by atoms with Crippen LogP contribution in [0.25, 0.3) is 21.9 Å². The molecule has 1 aromatic carbocycles. The first kappa shape index (κ1) is 9.15. The number of hydrogen-bond donors (Lipinski definition) is 2. The number of benzene rings is 1. The molecule has 0 fully saturated rings. The highest BCUT2D eigenvalue weighted by molar-refractivity contribution is 6.09. The Labute approximate surface area is 91.7 Å². The second kappa shape index (κ2) is 2.95. The van der Waals surface area contributed by atoms with Crippen molar-refractivity contribution in [2.24, 2.45) is 0 Å². The summed E-state index contributed by atoms with van der Waals surface area (Å²) in [7, 11) is 0. The van der Waals surface area contributed by atoms with Gasteiger partial charge in [0.05, 0.1) is 11.0 Å². The van der Waals surface area contributed by atoms with Gasteiger partial charge in [-0.05, 0) is 26.0 Å². The number of hydrogen-bond acceptors (Lipinski definition) is 2. The average molecular weight is 213 g/mol. The number of carbonyl (C=O) groups excluding carboxylic acids is 1. The number of aromatic nitrogens is 3. The molecular weight excluding hydrogens is 202 g/mol. The molecule has 0 unspecified atom stereocenters. The highest BCUT2D eigenvalue weighted by atomic mass is 16.1. The van der Waals surface area contributed by atoms with Crippen molar-refractivity contribution in [2.45, 2.75) is 13.8 Å². The Morgan fingerprint density at radius 2 is 2.12 bits per heavy atom. The topological polar surface area (TPSA) is 61.5 Å². The van der Waals surface area contributed by atoms with Crippen LogP contribution < -0.4 is 0 Å². The predicted octanol–water partition coefficient (Wildman–Crippen LogP) is 2.56. The van der Waals surface area contributed by atoms with Gasteiger partial charge in [0.1, 0.15) is 5.82 Å². The number of aryl methyl sites for hydroxylation is 1. The number of rotatable bonds is 1. The lowest BCUT2D eigenvalue weighted by Gasteiger charge is -1.93. The summed E-state index contributed by atoms with van der Waals surface area (Å²) in [6, 6.07) is 3.93. The zero-order chi connectivity index (χ0) is 11.3. The normalized spacial score (nSPS) is 11.4. The number of fused-ring (bicyclic) bond motifs is 2. The Hall–Kier alpha value is -2.10. The Morgan fingerprint density at radius 1 is 1.31 bits per heavy atom. The third-order valence-electron chi connectivity index (χ3n) is 2.78. The summed E-state index contributed by atoms with van der Waals surface area (Å²) >= 11 is 0. The molecule has 80 valence electrons. The Balaban J connectivity index is 2.43. The van der Waals surface area contributed by atoms with Gasteiger partial charge < -0.3 is 9.97 Å². The first-order chi connectivity index (χ1) is 7.65. The van der Waals surface area contributed by atoms with E-state index in [2.05, 4.69) is 15.0 Å². The molecule has 4 nitrogen and oxygen atoms in total. The van der Waals surface area contributed by atoms with Crippen LogP contribution in [0.4, 0.5) is 0 Å². The lowest BCUT2D eigenvalue weighted by molar-refractivity contribution is 0.101. The highest BCUT2D eigenvalue weighted by Gasteiger charge is 2.10. The van der Waals surface area contributed by atoms with Crippen molar-refractivity contribution >= 4 is 27.7 Å². The van der Waals surface area contributed by atoms with Crippen LogP contribution in [0.5, 0.6) is 0 Å². The predicted molar refractivity (Wildman–Crippen MR) is 62.7 cm³/mol. The average Bonchev–Trinajstić information content (AvgIpc) is 2.74. The van der Waals surface area contributed by atoms with Gasteiger partial charge in [-0.2, -0.15) is 0 Å². The van der Waals surface area contributed by atoms with E-state index in [0.717, 1.165) is 33.3 Å². The molecule has 2 heterocycles. The van der Waals surface area contributed by atoms with Crippen LogP contribution in [-0.2, 0) is 0 Å². The van der Waals surface area contributed by atoms with Gasteiger partial charge in [-0.15, -0.1) is 0 Å². The van der Waals surface area contributed by atoms with Crippen LogP contribution in [0.1, 0.15) is 23.1 Å².